The quantitative estimate of drug-likeness (QED) is 0.644. The SMILES string of the molecule is CCOc1ccc2c(c1)C(C)(C)C1(C=Nc3c(ccc4cccnc34)O1)N2C. The minimum atomic E-state index is -0.713. The van der Waals surface area contributed by atoms with Crippen molar-refractivity contribution in [3.63, 3.8) is 0 Å². The van der Waals surface area contributed by atoms with Crippen molar-refractivity contribution in [3.8, 4) is 11.5 Å². The van der Waals surface area contributed by atoms with Crippen LogP contribution in [0, 0.1) is 0 Å². The number of pyridine rings is 1. The van der Waals surface area contributed by atoms with Gasteiger partial charge in [0.25, 0.3) is 0 Å². The summed E-state index contributed by atoms with van der Waals surface area (Å²) in [4.78, 5) is 11.5. The lowest BCUT2D eigenvalue weighted by atomic mass is 9.77. The van der Waals surface area contributed by atoms with Crippen LogP contribution in [-0.4, -0.2) is 30.6 Å². The molecule has 0 amide bonds. The van der Waals surface area contributed by atoms with E-state index in [1.165, 1.54) is 5.56 Å². The van der Waals surface area contributed by atoms with E-state index in [1.54, 1.807) is 6.20 Å². The molecule has 2 aromatic carbocycles. The van der Waals surface area contributed by atoms with Crippen LogP contribution in [0.25, 0.3) is 10.9 Å². The van der Waals surface area contributed by atoms with Crippen LogP contribution in [0.2, 0.25) is 0 Å². The number of likely N-dealkylation sites (N-methyl/N-ethyl adjacent to an activating group) is 1. The summed E-state index contributed by atoms with van der Waals surface area (Å²) in [5.41, 5.74) is 2.93. The topological polar surface area (TPSA) is 47.0 Å². The van der Waals surface area contributed by atoms with Gasteiger partial charge in [0, 0.05) is 24.3 Å². The van der Waals surface area contributed by atoms with Gasteiger partial charge in [-0.1, -0.05) is 6.07 Å². The van der Waals surface area contributed by atoms with E-state index in [9.17, 15) is 0 Å². The number of ether oxygens (including phenoxy) is 2. The van der Waals surface area contributed by atoms with Gasteiger partial charge < -0.3 is 14.4 Å². The first kappa shape index (κ1) is 17.0. The molecular weight excluding hydrogens is 350 g/mol. The highest BCUT2D eigenvalue weighted by Gasteiger charge is 2.58. The first-order valence-corrected chi connectivity index (χ1v) is 9.61. The fourth-order valence-electron chi connectivity index (χ4n) is 4.46. The summed E-state index contributed by atoms with van der Waals surface area (Å²) < 4.78 is 12.4. The van der Waals surface area contributed by atoms with Crippen LogP contribution in [0.5, 0.6) is 11.5 Å². The van der Waals surface area contributed by atoms with E-state index in [-0.39, 0.29) is 5.41 Å². The molecule has 0 radical (unpaired) electrons. The highest BCUT2D eigenvalue weighted by atomic mass is 16.5. The number of fused-ring (bicyclic) bond motifs is 4. The van der Waals surface area contributed by atoms with Gasteiger partial charge in [0.2, 0.25) is 5.72 Å². The lowest BCUT2D eigenvalue weighted by Gasteiger charge is -2.44. The molecule has 28 heavy (non-hydrogen) atoms. The maximum Gasteiger partial charge on any atom is 0.228 e. The van der Waals surface area contributed by atoms with Gasteiger partial charge in [-0.3, -0.25) is 4.98 Å². The molecule has 142 valence electrons. The number of hydrogen-bond acceptors (Lipinski definition) is 5. The van der Waals surface area contributed by atoms with Crippen LogP contribution < -0.4 is 14.4 Å². The lowest BCUT2D eigenvalue weighted by molar-refractivity contribution is 0.0825. The maximum absolute atomic E-state index is 6.69. The second-order valence-corrected chi connectivity index (χ2v) is 7.84. The van der Waals surface area contributed by atoms with Crippen LogP contribution in [0.3, 0.4) is 0 Å². The van der Waals surface area contributed by atoms with E-state index in [0.717, 1.165) is 33.8 Å². The number of hydrogen-bond donors (Lipinski definition) is 0. The molecule has 0 saturated heterocycles. The summed E-state index contributed by atoms with van der Waals surface area (Å²) in [7, 11) is 2.06. The Balaban J connectivity index is 1.65. The molecule has 1 unspecified atom stereocenters. The van der Waals surface area contributed by atoms with Crippen LogP contribution in [-0.2, 0) is 5.41 Å². The molecule has 2 aliphatic heterocycles. The van der Waals surface area contributed by atoms with Crippen molar-refractivity contribution < 1.29 is 9.47 Å². The van der Waals surface area contributed by atoms with Gasteiger partial charge in [0.05, 0.1) is 23.8 Å². The summed E-state index contributed by atoms with van der Waals surface area (Å²) in [5, 5.41) is 1.06. The van der Waals surface area contributed by atoms with Gasteiger partial charge in [0.1, 0.15) is 11.4 Å². The second kappa shape index (κ2) is 5.71. The van der Waals surface area contributed by atoms with Gasteiger partial charge >= 0.3 is 0 Å². The Hall–Kier alpha value is -3.08. The fraction of sp³-hybridized carbons (Fsp3) is 0.304. The van der Waals surface area contributed by atoms with Crippen LogP contribution in [0.4, 0.5) is 11.4 Å². The third-order valence-electron chi connectivity index (χ3n) is 6.05. The van der Waals surface area contributed by atoms with Gasteiger partial charge in [-0.05, 0) is 62.7 Å². The van der Waals surface area contributed by atoms with E-state index in [0.29, 0.717) is 6.61 Å². The average Bonchev–Trinajstić information content (AvgIpc) is 2.86. The Morgan fingerprint density at radius 2 is 2.00 bits per heavy atom. The summed E-state index contributed by atoms with van der Waals surface area (Å²) in [6, 6.07) is 14.3. The van der Waals surface area contributed by atoms with Crippen LogP contribution in [0.15, 0.2) is 53.7 Å². The molecule has 5 nitrogen and oxygen atoms in total. The Labute approximate surface area is 164 Å². The Bertz CT molecular complexity index is 1120. The molecule has 1 aromatic heterocycles. The van der Waals surface area contributed by atoms with Gasteiger partial charge in [0.15, 0.2) is 5.75 Å². The van der Waals surface area contributed by atoms with E-state index in [1.807, 2.05) is 43.5 Å². The lowest BCUT2D eigenvalue weighted by Crippen LogP contribution is -2.61. The van der Waals surface area contributed by atoms with Crippen molar-refractivity contribution in [1.29, 1.82) is 0 Å². The number of aliphatic imine (C=N–C) groups is 1. The fourth-order valence-corrected chi connectivity index (χ4v) is 4.46. The predicted molar refractivity (Wildman–Crippen MR) is 112 cm³/mol. The summed E-state index contributed by atoms with van der Waals surface area (Å²) in [6.45, 7) is 7.03. The molecule has 5 rings (SSSR count). The highest BCUT2D eigenvalue weighted by Crippen LogP contribution is 2.54. The van der Waals surface area contributed by atoms with Crippen molar-refractivity contribution in [2.24, 2.45) is 4.99 Å². The zero-order chi connectivity index (χ0) is 19.5. The van der Waals surface area contributed by atoms with Crippen molar-refractivity contribution in [1.82, 2.24) is 4.98 Å². The number of benzene rings is 2. The number of anilines is 1. The van der Waals surface area contributed by atoms with Crippen molar-refractivity contribution in [3.05, 3.63) is 54.2 Å². The summed E-state index contributed by atoms with van der Waals surface area (Å²) in [6.07, 6.45) is 3.73. The number of nitrogens with zero attached hydrogens (tertiary/aromatic N) is 3. The Morgan fingerprint density at radius 1 is 1.14 bits per heavy atom. The minimum absolute atomic E-state index is 0.329. The number of rotatable bonds is 2. The van der Waals surface area contributed by atoms with E-state index in [2.05, 4.69) is 42.9 Å². The Kier molecular flexibility index (Phi) is 3.48. The average molecular weight is 373 g/mol. The van der Waals surface area contributed by atoms with Crippen molar-refractivity contribution in [2.75, 3.05) is 18.6 Å². The third kappa shape index (κ3) is 2.07. The largest absolute Gasteiger partial charge is 0.494 e. The molecule has 2 aliphatic rings. The molecule has 3 aromatic rings. The van der Waals surface area contributed by atoms with Crippen LogP contribution >= 0.6 is 0 Å². The molecule has 0 fully saturated rings. The third-order valence-corrected chi connectivity index (χ3v) is 6.05. The summed E-state index contributed by atoms with van der Waals surface area (Å²) in [5.74, 6) is 1.63. The predicted octanol–water partition coefficient (Wildman–Crippen LogP) is 4.85. The first-order valence-electron chi connectivity index (χ1n) is 9.61. The van der Waals surface area contributed by atoms with Crippen molar-refractivity contribution >= 4 is 28.5 Å². The van der Waals surface area contributed by atoms with Gasteiger partial charge in [-0.2, -0.15) is 0 Å². The minimum Gasteiger partial charge on any atom is -0.494 e. The first-order chi connectivity index (χ1) is 13.5. The van der Waals surface area contributed by atoms with E-state index < -0.39 is 5.72 Å². The molecule has 0 saturated carbocycles. The van der Waals surface area contributed by atoms with E-state index in [4.69, 9.17) is 14.5 Å². The van der Waals surface area contributed by atoms with Gasteiger partial charge in [-0.25, -0.2) is 4.99 Å². The summed E-state index contributed by atoms with van der Waals surface area (Å²) >= 11 is 0. The monoisotopic (exact) mass is 373 g/mol. The molecule has 0 N–H and O–H groups in total. The highest BCUT2D eigenvalue weighted by molar-refractivity contribution is 5.97. The van der Waals surface area contributed by atoms with Crippen molar-refractivity contribution in [2.45, 2.75) is 31.9 Å². The molecule has 0 aliphatic carbocycles. The molecule has 1 atom stereocenters. The molecule has 5 heteroatoms. The molecule has 1 spiro atoms. The standard InChI is InChI=1S/C23H23N3O2/c1-5-27-16-9-10-18-17(13-16)22(2,3)23(26(18)4)14-25-21-19(28-23)11-8-15-7-6-12-24-20(15)21/h6-14H,5H2,1-4H3. The van der Waals surface area contributed by atoms with Gasteiger partial charge in [-0.15, -0.1) is 0 Å². The molecule has 3 heterocycles. The molecular formula is C23H23N3O2. The molecule has 0 bridgehead atoms. The second-order valence-electron chi connectivity index (χ2n) is 7.84. The number of aromatic nitrogens is 1. The van der Waals surface area contributed by atoms with Crippen LogP contribution in [0.1, 0.15) is 26.3 Å². The zero-order valence-electron chi connectivity index (χ0n) is 16.6. The Morgan fingerprint density at radius 3 is 2.82 bits per heavy atom. The zero-order valence-corrected chi connectivity index (χ0v) is 16.6. The van der Waals surface area contributed by atoms with E-state index >= 15 is 0 Å². The normalized spacial score (nSPS) is 21.5. The smallest absolute Gasteiger partial charge is 0.228 e. The maximum atomic E-state index is 6.69.